The molecule has 1 aromatic carbocycles. The standard InChI is InChI=1S/C14H18N2O5S/c1-22(20,21)15-12-7-3-2-6-11(12)13(17)16-8-4-5-10(9-16)14(18)19/h2-3,6-7,10,15H,4-5,8-9H2,1H3,(H,18,19)/t10-/m0/s1. The summed E-state index contributed by atoms with van der Waals surface area (Å²) in [6.07, 6.45) is 2.17. The Hall–Kier alpha value is -2.09. The van der Waals surface area contributed by atoms with E-state index in [2.05, 4.69) is 4.72 Å². The molecule has 2 N–H and O–H groups in total. The SMILES string of the molecule is CS(=O)(=O)Nc1ccccc1C(=O)N1CCC[C@H](C(=O)O)C1. The van der Waals surface area contributed by atoms with Crippen LogP contribution < -0.4 is 4.72 Å². The molecule has 8 heteroatoms. The molecule has 1 amide bonds. The van der Waals surface area contributed by atoms with Crippen molar-refractivity contribution in [3.8, 4) is 0 Å². The number of aliphatic carboxylic acids is 1. The fourth-order valence-electron chi connectivity index (χ4n) is 2.49. The fourth-order valence-corrected chi connectivity index (χ4v) is 3.07. The van der Waals surface area contributed by atoms with E-state index < -0.39 is 21.9 Å². The molecule has 1 saturated heterocycles. The van der Waals surface area contributed by atoms with Crippen molar-refractivity contribution in [2.45, 2.75) is 12.8 Å². The smallest absolute Gasteiger partial charge is 0.308 e. The molecule has 0 unspecified atom stereocenters. The largest absolute Gasteiger partial charge is 0.481 e. The number of carboxylic acids is 1. The Labute approximate surface area is 129 Å². The number of para-hydroxylation sites is 1. The Morgan fingerprint density at radius 1 is 1.32 bits per heavy atom. The van der Waals surface area contributed by atoms with Gasteiger partial charge < -0.3 is 10.0 Å². The molecule has 0 aliphatic carbocycles. The van der Waals surface area contributed by atoms with E-state index in [4.69, 9.17) is 5.11 Å². The van der Waals surface area contributed by atoms with Crippen molar-refractivity contribution in [2.75, 3.05) is 24.1 Å². The summed E-state index contributed by atoms with van der Waals surface area (Å²) >= 11 is 0. The number of benzene rings is 1. The lowest BCUT2D eigenvalue weighted by Crippen LogP contribution is -2.42. The van der Waals surface area contributed by atoms with Crippen molar-refractivity contribution in [3.05, 3.63) is 29.8 Å². The van der Waals surface area contributed by atoms with Crippen LogP contribution in [0.2, 0.25) is 0 Å². The van der Waals surface area contributed by atoms with E-state index >= 15 is 0 Å². The number of sulfonamides is 1. The average molecular weight is 326 g/mol. The van der Waals surface area contributed by atoms with Gasteiger partial charge in [0.2, 0.25) is 10.0 Å². The molecule has 1 heterocycles. The first-order chi connectivity index (χ1) is 10.3. The molecule has 1 atom stereocenters. The van der Waals surface area contributed by atoms with Crippen LogP contribution in [-0.2, 0) is 14.8 Å². The average Bonchev–Trinajstić information content (AvgIpc) is 2.45. The summed E-state index contributed by atoms with van der Waals surface area (Å²) in [6, 6.07) is 6.30. The van der Waals surface area contributed by atoms with Crippen molar-refractivity contribution in [3.63, 3.8) is 0 Å². The normalized spacial score (nSPS) is 18.8. The molecule has 1 fully saturated rings. The summed E-state index contributed by atoms with van der Waals surface area (Å²) in [5.41, 5.74) is 0.423. The molecule has 0 saturated carbocycles. The van der Waals surface area contributed by atoms with Crippen LogP contribution in [0, 0.1) is 5.92 Å². The van der Waals surface area contributed by atoms with Gasteiger partial charge in [-0.2, -0.15) is 0 Å². The van der Waals surface area contributed by atoms with Crippen molar-refractivity contribution in [2.24, 2.45) is 5.92 Å². The Kier molecular flexibility index (Phi) is 4.70. The fraction of sp³-hybridized carbons (Fsp3) is 0.429. The summed E-state index contributed by atoms with van der Waals surface area (Å²) in [6.45, 7) is 0.608. The molecule has 0 radical (unpaired) electrons. The summed E-state index contributed by atoms with van der Waals surface area (Å²) in [4.78, 5) is 25.1. The van der Waals surface area contributed by atoms with Gasteiger partial charge in [-0.25, -0.2) is 8.42 Å². The third kappa shape index (κ3) is 3.97. The second kappa shape index (κ2) is 6.35. The van der Waals surface area contributed by atoms with E-state index in [1.54, 1.807) is 12.1 Å². The summed E-state index contributed by atoms with van der Waals surface area (Å²) in [7, 11) is -3.50. The minimum atomic E-state index is -3.50. The zero-order valence-electron chi connectivity index (χ0n) is 12.2. The molecule has 120 valence electrons. The van der Waals surface area contributed by atoms with Gasteiger partial charge in [0.1, 0.15) is 0 Å². The third-order valence-corrected chi connectivity index (χ3v) is 4.10. The van der Waals surface area contributed by atoms with Crippen molar-refractivity contribution >= 4 is 27.6 Å². The Balaban J connectivity index is 2.24. The summed E-state index contributed by atoms with van der Waals surface area (Å²) in [5, 5.41) is 9.09. The molecule has 1 aliphatic rings. The highest BCUT2D eigenvalue weighted by atomic mass is 32.2. The summed E-state index contributed by atoms with van der Waals surface area (Å²) in [5.74, 6) is -1.86. The summed E-state index contributed by atoms with van der Waals surface area (Å²) < 4.78 is 25.1. The molecule has 1 aromatic rings. The maximum absolute atomic E-state index is 12.6. The number of anilines is 1. The van der Waals surface area contributed by atoms with Crippen LogP contribution in [0.5, 0.6) is 0 Å². The lowest BCUT2D eigenvalue weighted by molar-refractivity contribution is -0.143. The molecular formula is C14H18N2O5S. The number of rotatable bonds is 4. The van der Waals surface area contributed by atoms with Crippen molar-refractivity contribution in [1.29, 1.82) is 0 Å². The van der Waals surface area contributed by atoms with Crippen LogP contribution in [0.4, 0.5) is 5.69 Å². The number of nitrogens with zero attached hydrogens (tertiary/aromatic N) is 1. The van der Waals surface area contributed by atoms with E-state index in [9.17, 15) is 18.0 Å². The number of hydrogen-bond acceptors (Lipinski definition) is 4. The number of carbonyl (C=O) groups excluding carboxylic acids is 1. The lowest BCUT2D eigenvalue weighted by Gasteiger charge is -2.31. The van der Waals surface area contributed by atoms with Gasteiger partial charge in [-0.15, -0.1) is 0 Å². The predicted octanol–water partition coefficient (Wildman–Crippen LogP) is 0.995. The first-order valence-electron chi connectivity index (χ1n) is 6.87. The topological polar surface area (TPSA) is 104 Å². The minimum Gasteiger partial charge on any atom is -0.481 e. The maximum atomic E-state index is 12.6. The van der Waals surface area contributed by atoms with E-state index in [1.807, 2.05) is 0 Å². The molecule has 0 spiro atoms. The Morgan fingerprint density at radius 2 is 2.00 bits per heavy atom. The van der Waals surface area contributed by atoms with E-state index in [0.717, 1.165) is 6.26 Å². The number of amides is 1. The van der Waals surface area contributed by atoms with Gasteiger partial charge in [-0.1, -0.05) is 12.1 Å². The van der Waals surface area contributed by atoms with E-state index in [0.29, 0.717) is 19.4 Å². The van der Waals surface area contributed by atoms with Crippen LogP contribution in [0.3, 0.4) is 0 Å². The van der Waals surface area contributed by atoms with Gasteiger partial charge in [0, 0.05) is 13.1 Å². The maximum Gasteiger partial charge on any atom is 0.308 e. The van der Waals surface area contributed by atoms with Crippen LogP contribution in [0.1, 0.15) is 23.2 Å². The molecular weight excluding hydrogens is 308 g/mol. The molecule has 22 heavy (non-hydrogen) atoms. The quantitative estimate of drug-likeness (QED) is 0.859. The van der Waals surface area contributed by atoms with E-state index in [-0.39, 0.29) is 23.7 Å². The van der Waals surface area contributed by atoms with E-state index in [1.165, 1.54) is 17.0 Å². The van der Waals surface area contributed by atoms with Gasteiger partial charge in [0.05, 0.1) is 23.4 Å². The Bertz CT molecular complexity index is 686. The van der Waals surface area contributed by atoms with Gasteiger partial charge in [-0.3, -0.25) is 14.3 Å². The molecule has 0 bridgehead atoms. The third-order valence-electron chi connectivity index (χ3n) is 3.51. The minimum absolute atomic E-state index is 0.140. The van der Waals surface area contributed by atoms with Crippen LogP contribution in [0.15, 0.2) is 24.3 Å². The van der Waals surface area contributed by atoms with Gasteiger partial charge in [-0.05, 0) is 25.0 Å². The monoisotopic (exact) mass is 326 g/mol. The number of hydrogen-bond donors (Lipinski definition) is 2. The van der Waals surface area contributed by atoms with Gasteiger partial charge in [0.15, 0.2) is 0 Å². The zero-order chi connectivity index (χ0) is 16.3. The first kappa shape index (κ1) is 16.3. The highest BCUT2D eigenvalue weighted by Gasteiger charge is 2.29. The van der Waals surface area contributed by atoms with Crippen LogP contribution in [-0.4, -0.2) is 49.6 Å². The first-order valence-corrected chi connectivity index (χ1v) is 8.76. The number of likely N-dealkylation sites (tertiary alicyclic amines) is 1. The zero-order valence-corrected chi connectivity index (χ0v) is 13.0. The highest BCUT2D eigenvalue weighted by molar-refractivity contribution is 7.92. The predicted molar refractivity (Wildman–Crippen MR) is 81.2 cm³/mol. The molecule has 1 aliphatic heterocycles. The highest BCUT2D eigenvalue weighted by Crippen LogP contribution is 2.23. The van der Waals surface area contributed by atoms with Crippen LogP contribution >= 0.6 is 0 Å². The molecule has 2 rings (SSSR count). The number of carbonyl (C=O) groups is 2. The van der Waals surface area contributed by atoms with Crippen molar-refractivity contribution in [1.82, 2.24) is 4.90 Å². The van der Waals surface area contributed by atoms with Crippen LogP contribution in [0.25, 0.3) is 0 Å². The number of nitrogens with one attached hydrogen (secondary N) is 1. The lowest BCUT2D eigenvalue weighted by atomic mass is 9.97. The van der Waals surface area contributed by atoms with Gasteiger partial charge in [0.25, 0.3) is 5.91 Å². The molecule has 0 aromatic heterocycles. The Morgan fingerprint density at radius 3 is 2.64 bits per heavy atom. The number of carboxylic acid groups (broad SMARTS) is 1. The number of piperidine rings is 1. The second-order valence-electron chi connectivity index (χ2n) is 5.35. The van der Waals surface area contributed by atoms with Crippen molar-refractivity contribution < 1.29 is 23.1 Å². The van der Waals surface area contributed by atoms with Gasteiger partial charge >= 0.3 is 5.97 Å². The molecule has 7 nitrogen and oxygen atoms in total. The second-order valence-corrected chi connectivity index (χ2v) is 7.10.